The minimum atomic E-state index is -0.871. The van der Waals surface area contributed by atoms with Gasteiger partial charge in [-0.05, 0) is 80.7 Å². The van der Waals surface area contributed by atoms with Gasteiger partial charge in [0.2, 0.25) is 0 Å². The van der Waals surface area contributed by atoms with Crippen LogP contribution in [-0.4, -0.2) is 17.7 Å². The van der Waals surface area contributed by atoms with Crippen molar-refractivity contribution in [1.82, 2.24) is 0 Å². The van der Waals surface area contributed by atoms with E-state index in [1.807, 2.05) is 54.6 Å². The van der Waals surface area contributed by atoms with Crippen molar-refractivity contribution in [2.75, 3.05) is 6.61 Å². The van der Waals surface area contributed by atoms with Crippen LogP contribution in [0.4, 0.5) is 0 Å². The Bertz CT molecular complexity index is 981. The van der Waals surface area contributed by atoms with Gasteiger partial charge in [-0.25, -0.2) is 0 Å². The lowest BCUT2D eigenvalue weighted by Gasteiger charge is -2.11. The fourth-order valence-electron chi connectivity index (χ4n) is 2.82. The average Bonchev–Trinajstić information content (AvgIpc) is 2.68. The van der Waals surface area contributed by atoms with E-state index in [4.69, 9.17) is 33.0 Å². The largest absolute Gasteiger partial charge is 0.488 e. The van der Waals surface area contributed by atoms with Crippen molar-refractivity contribution in [1.29, 1.82) is 0 Å². The van der Waals surface area contributed by atoms with Crippen LogP contribution >= 0.6 is 39.1 Å². The maximum Gasteiger partial charge on any atom is 0.307 e. The molecule has 0 aliphatic heterocycles. The van der Waals surface area contributed by atoms with Crippen molar-refractivity contribution in [2.24, 2.45) is 0 Å². The molecule has 0 spiro atoms. The fourth-order valence-corrected chi connectivity index (χ4v) is 3.61. The van der Waals surface area contributed by atoms with Crippen LogP contribution in [0.2, 0.25) is 10.0 Å². The molecule has 148 valence electrons. The Morgan fingerprint density at radius 2 is 1.48 bits per heavy atom. The molecule has 0 aliphatic rings. The maximum atomic E-state index is 10.9. The van der Waals surface area contributed by atoms with E-state index >= 15 is 0 Å². The summed E-state index contributed by atoms with van der Waals surface area (Å²) in [5.74, 6) is -0.231. The van der Waals surface area contributed by atoms with Crippen LogP contribution in [0.3, 0.4) is 0 Å². The zero-order valence-electron chi connectivity index (χ0n) is 15.2. The van der Waals surface area contributed by atoms with Gasteiger partial charge in [-0.15, -0.1) is 0 Å². The van der Waals surface area contributed by atoms with Crippen molar-refractivity contribution in [3.63, 3.8) is 0 Å². The van der Waals surface area contributed by atoms with Gasteiger partial charge in [0, 0.05) is 10.0 Å². The second-order valence-corrected chi connectivity index (χ2v) is 8.01. The first-order valence-electron chi connectivity index (χ1n) is 8.77. The molecule has 0 unspecified atom stereocenters. The number of hydrogen-bond donors (Lipinski definition) is 1. The maximum absolute atomic E-state index is 10.9. The molecule has 3 aromatic rings. The summed E-state index contributed by atoms with van der Waals surface area (Å²) in [6, 6.07) is 20.5. The average molecular weight is 492 g/mol. The number of ether oxygens (including phenoxy) is 1. The van der Waals surface area contributed by atoms with Gasteiger partial charge in [0.1, 0.15) is 12.4 Å². The van der Waals surface area contributed by atoms with Gasteiger partial charge < -0.3 is 9.84 Å². The smallest absolute Gasteiger partial charge is 0.307 e. The van der Waals surface area contributed by atoms with Gasteiger partial charge in [0.05, 0.1) is 10.9 Å². The van der Waals surface area contributed by atoms with E-state index in [1.165, 1.54) is 0 Å². The Balaban J connectivity index is 1.82. The number of carboxylic acids is 1. The predicted octanol–water partition coefficient (Wildman–Crippen LogP) is 6.89. The molecule has 3 nitrogen and oxygen atoms in total. The molecule has 0 bridgehead atoms. The number of benzene rings is 3. The number of carbonyl (C=O) groups is 1. The highest BCUT2D eigenvalue weighted by atomic mass is 79.9. The standard InChI is InChI=1S/C23H17BrCl2O3/c24-21-13-15(14-23(27)28)1-10-22(21)29-12-11-20(16-2-6-18(25)7-3-16)17-4-8-19(26)9-5-17/h1-11,13H,12,14H2,(H,27,28). The van der Waals surface area contributed by atoms with Crippen LogP contribution in [0.25, 0.3) is 5.57 Å². The molecule has 3 aromatic carbocycles. The van der Waals surface area contributed by atoms with Gasteiger partial charge in [0.15, 0.2) is 0 Å². The number of halogens is 3. The SMILES string of the molecule is O=C(O)Cc1ccc(OCC=C(c2ccc(Cl)cc2)c2ccc(Cl)cc2)c(Br)c1. The van der Waals surface area contributed by atoms with Crippen molar-refractivity contribution in [2.45, 2.75) is 6.42 Å². The summed E-state index contributed by atoms with van der Waals surface area (Å²) in [6.07, 6.45) is 1.96. The van der Waals surface area contributed by atoms with Gasteiger partial charge in [0.25, 0.3) is 0 Å². The molecule has 0 amide bonds. The highest BCUT2D eigenvalue weighted by molar-refractivity contribution is 9.10. The van der Waals surface area contributed by atoms with Gasteiger partial charge in [-0.1, -0.05) is 53.5 Å². The summed E-state index contributed by atoms with van der Waals surface area (Å²) in [5.41, 5.74) is 3.72. The molecule has 0 heterocycles. The van der Waals surface area contributed by atoms with E-state index in [0.29, 0.717) is 32.4 Å². The lowest BCUT2D eigenvalue weighted by atomic mass is 9.98. The van der Waals surface area contributed by atoms with E-state index in [-0.39, 0.29) is 6.42 Å². The highest BCUT2D eigenvalue weighted by Crippen LogP contribution is 2.28. The van der Waals surface area contributed by atoms with E-state index in [1.54, 1.807) is 18.2 Å². The van der Waals surface area contributed by atoms with E-state index in [2.05, 4.69) is 15.9 Å². The Morgan fingerprint density at radius 3 is 1.97 bits per heavy atom. The molecular weight excluding hydrogens is 475 g/mol. The van der Waals surface area contributed by atoms with Crippen LogP contribution in [0, 0.1) is 0 Å². The predicted molar refractivity (Wildman–Crippen MR) is 121 cm³/mol. The molecule has 29 heavy (non-hydrogen) atoms. The van der Waals surface area contributed by atoms with E-state index < -0.39 is 5.97 Å². The Morgan fingerprint density at radius 1 is 0.931 bits per heavy atom. The Kier molecular flexibility index (Phi) is 7.37. The molecule has 0 saturated carbocycles. The van der Waals surface area contributed by atoms with Crippen LogP contribution in [0.1, 0.15) is 16.7 Å². The molecule has 0 saturated heterocycles. The summed E-state index contributed by atoms with van der Waals surface area (Å²) < 4.78 is 6.61. The minimum Gasteiger partial charge on any atom is -0.488 e. The third-order valence-electron chi connectivity index (χ3n) is 4.19. The van der Waals surface area contributed by atoms with Crippen molar-refractivity contribution in [3.8, 4) is 5.75 Å². The lowest BCUT2D eigenvalue weighted by molar-refractivity contribution is -0.136. The number of carboxylic acid groups (broad SMARTS) is 1. The number of hydrogen-bond acceptors (Lipinski definition) is 2. The number of rotatable bonds is 7. The van der Waals surface area contributed by atoms with Crippen molar-refractivity contribution >= 4 is 50.7 Å². The molecular formula is C23H17BrCl2O3. The Hall–Kier alpha value is -2.27. The van der Waals surface area contributed by atoms with Crippen LogP contribution < -0.4 is 4.74 Å². The zero-order valence-corrected chi connectivity index (χ0v) is 18.3. The van der Waals surface area contributed by atoms with Crippen molar-refractivity contribution in [3.05, 3.63) is 104 Å². The molecule has 0 fully saturated rings. The molecule has 0 aliphatic carbocycles. The van der Waals surface area contributed by atoms with Crippen LogP contribution in [0.15, 0.2) is 77.3 Å². The van der Waals surface area contributed by atoms with Gasteiger partial charge in [-0.2, -0.15) is 0 Å². The molecule has 0 aromatic heterocycles. The second kappa shape index (κ2) is 9.97. The molecule has 6 heteroatoms. The first kappa shape index (κ1) is 21.4. The highest BCUT2D eigenvalue weighted by Gasteiger charge is 2.08. The van der Waals surface area contributed by atoms with E-state index in [0.717, 1.165) is 16.7 Å². The molecule has 0 radical (unpaired) electrons. The lowest BCUT2D eigenvalue weighted by Crippen LogP contribution is -2.01. The third kappa shape index (κ3) is 6.10. The van der Waals surface area contributed by atoms with Gasteiger partial charge >= 0.3 is 5.97 Å². The first-order valence-corrected chi connectivity index (χ1v) is 10.3. The third-order valence-corrected chi connectivity index (χ3v) is 5.31. The Labute approximate surface area is 187 Å². The van der Waals surface area contributed by atoms with E-state index in [9.17, 15) is 4.79 Å². The fraction of sp³-hybridized carbons (Fsp3) is 0.0870. The molecule has 1 N–H and O–H groups in total. The van der Waals surface area contributed by atoms with Crippen LogP contribution in [-0.2, 0) is 11.2 Å². The van der Waals surface area contributed by atoms with Crippen LogP contribution in [0.5, 0.6) is 5.75 Å². The first-order chi connectivity index (χ1) is 13.9. The zero-order chi connectivity index (χ0) is 20.8. The minimum absolute atomic E-state index is 0.0317. The summed E-state index contributed by atoms with van der Waals surface area (Å²) in [5, 5.41) is 10.3. The topological polar surface area (TPSA) is 46.5 Å². The monoisotopic (exact) mass is 490 g/mol. The molecule has 3 rings (SSSR count). The second-order valence-electron chi connectivity index (χ2n) is 6.28. The summed E-state index contributed by atoms with van der Waals surface area (Å²) in [4.78, 5) is 10.9. The molecule has 0 atom stereocenters. The summed E-state index contributed by atoms with van der Waals surface area (Å²) >= 11 is 15.5. The summed E-state index contributed by atoms with van der Waals surface area (Å²) in [6.45, 7) is 0.331. The van der Waals surface area contributed by atoms with Crippen molar-refractivity contribution < 1.29 is 14.6 Å². The number of aliphatic carboxylic acids is 1. The summed E-state index contributed by atoms with van der Waals surface area (Å²) in [7, 11) is 0. The van der Waals surface area contributed by atoms with Gasteiger partial charge in [-0.3, -0.25) is 4.79 Å². The quantitative estimate of drug-likeness (QED) is 0.391. The normalized spacial score (nSPS) is 10.4.